The van der Waals surface area contributed by atoms with Gasteiger partial charge in [0.2, 0.25) is 0 Å². The van der Waals surface area contributed by atoms with Crippen LogP contribution in [0.3, 0.4) is 0 Å². The molecule has 0 bridgehead atoms. The Bertz CT molecular complexity index is 234. The molecule has 1 unspecified atom stereocenters. The largest absolute Gasteiger partial charge is 0.396 e. The Kier molecular flexibility index (Phi) is 3.25. The molecule has 0 aliphatic heterocycles. The van der Waals surface area contributed by atoms with Gasteiger partial charge in [-0.2, -0.15) is 0 Å². The van der Waals surface area contributed by atoms with Crippen molar-refractivity contribution in [2.24, 2.45) is 12.8 Å². The van der Waals surface area contributed by atoms with Crippen molar-refractivity contribution in [3.8, 4) is 0 Å². The van der Waals surface area contributed by atoms with Crippen LogP contribution >= 0.6 is 0 Å². The summed E-state index contributed by atoms with van der Waals surface area (Å²) in [7, 11) is 1.93. The highest BCUT2D eigenvalue weighted by Crippen LogP contribution is 2.16. The van der Waals surface area contributed by atoms with Gasteiger partial charge in [0.1, 0.15) is 0 Å². The van der Waals surface area contributed by atoms with Gasteiger partial charge in [-0.25, -0.2) is 4.98 Å². The highest BCUT2D eigenvalue weighted by atomic mass is 16.3. The number of aliphatic hydroxyl groups is 1. The van der Waals surface area contributed by atoms with Crippen LogP contribution in [-0.4, -0.2) is 27.8 Å². The summed E-state index contributed by atoms with van der Waals surface area (Å²) in [6.45, 7) is 0.729. The minimum Gasteiger partial charge on any atom is -0.396 e. The minimum atomic E-state index is 0.174. The van der Waals surface area contributed by atoms with E-state index >= 15 is 0 Å². The van der Waals surface area contributed by atoms with E-state index in [1.165, 1.54) is 0 Å². The smallest absolute Gasteiger partial charge is 0.0945 e. The van der Waals surface area contributed by atoms with Crippen LogP contribution in [0.15, 0.2) is 12.5 Å². The molecule has 12 heavy (non-hydrogen) atoms. The van der Waals surface area contributed by atoms with Gasteiger partial charge in [-0.3, -0.25) is 0 Å². The topological polar surface area (TPSA) is 64.1 Å². The molecule has 1 heterocycles. The Hall–Kier alpha value is -0.870. The van der Waals surface area contributed by atoms with Crippen molar-refractivity contribution in [2.45, 2.75) is 12.3 Å². The summed E-state index contributed by atoms with van der Waals surface area (Å²) in [4.78, 5) is 4.00. The number of nitrogens with two attached hydrogens (primary N) is 1. The van der Waals surface area contributed by atoms with E-state index < -0.39 is 0 Å². The van der Waals surface area contributed by atoms with Crippen molar-refractivity contribution in [3.63, 3.8) is 0 Å². The number of hydrogen-bond acceptors (Lipinski definition) is 3. The highest BCUT2D eigenvalue weighted by Gasteiger charge is 2.11. The number of aryl methyl sites for hydroxylation is 1. The van der Waals surface area contributed by atoms with E-state index in [1.54, 1.807) is 12.5 Å². The van der Waals surface area contributed by atoms with Crippen LogP contribution in [0.25, 0.3) is 0 Å². The van der Waals surface area contributed by atoms with Crippen LogP contribution in [0.1, 0.15) is 18.0 Å². The molecule has 1 rings (SSSR count). The molecule has 0 saturated carbocycles. The fraction of sp³-hybridized carbons (Fsp3) is 0.625. The average Bonchev–Trinajstić information content (AvgIpc) is 2.47. The van der Waals surface area contributed by atoms with Crippen LogP contribution in [0, 0.1) is 0 Å². The summed E-state index contributed by atoms with van der Waals surface area (Å²) in [5, 5.41) is 8.77. The number of nitrogens with zero attached hydrogens (tertiary/aromatic N) is 2. The predicted molar refractivity (Wildman–Crippen MR) is 46.7 cm³/mol. The number of rotatable bonds is 4. The molecule has 0 fully saturated rings. The zero-order valence-electron chi connectivity index (χ0n) is 7.27. The zero-order valence-corrected chi connectivity index (χ0v) is 7.27. The molecule has 0 aliphatic carbocycles. The summed E-state index contributed by atoms with van der Waals surface area (Å²) in [6, 6.07) is 0. The second-order valence-corrected chi connectivity index (χ2v) is 2.87. The van der Waals surface area contributed by atoms with Gasteiger partial charge in [-0.15, -0.1) is 0 Å². The molecule has 3 N–H and O–H groups in total. The van der Waals surface area contributed by atoms with E-state index in [4.69, 9.17) is 10.8 Å². The summed E-state index contributed by atoms with van der Waals surface area (Å²) in [6.07, 6.45) is 4.25. The molecule has 1 aromatic heterocycles. The van der Waals surface area contributed by atoms with Gasteiger partial charge in [0, 0.05) is 38.0 Å². The lowest BCUT2D eigenvalue weighted by molar-refractivity contribution is 0.274. The van der Waals surface area contributed by atoms with Crippen LogP contribution in [0.5, 0.6) is 0 Å². The molecule has 4 heteroatoms. The van der Waals surface area contributed by atoms with Crippen molar-refractivity contribution >= 4 is 0 Å². The number of aromatic nitrogens is 2. The van der Waals surface area contributed by atoms with Gasteiger partial charge in [0.25, 0.3) is 0 Å². The molecule has 1 atom stereocenters. The predicted octanol–water partition coefficient (Wildman–Crippen LogP) is -0.155. The summed E-state index contributed by atoms with van der Waals surface area (Å²) in [5.74, 6) is 0.225. The van der Waals surface area contributed by atoms with E-state index in [0.29, 0.717) is 13.0 Å². The third kappa shape index (κ3) is 1.84. The van der Waals surface area contributed by atoms with E-state index in [9.17, 15) is 0 Å². The Morgan fingerprint density at radius 3 is 2.92 bits per heavy atom. The normalized spacial score (nSPS) is 13.2. The van der Waals surface area contributed by atoms with Crippen LogP contribution < -0.4 is 5.73 Å². The maximum absolute atomic E-state index is 8.77. The van der Waals surface area contributed by atoms with Gasteiger partial charge in [0.15, 0.2) is 0 Å². The number of aliphatic hydroxyl groups excluding tert-OH is 1. The van der Waals surface area contributed by atoms with E-state index in [0.717, 1.165) is 5.69 Å². The molecular weight excluding hydrogens is 154 g/mol. The van der Waals surface area contributed by atoms with Gasteiger partial charge < -0.3 is 15.4 Å². The lowest BCUT2D eigenvalue weighted by Crippen LogP contribution is -2.16. The molecular formula is C8H15N3O. The second kappa shape index (κ2) is 4.23. The summed E-state index contributed by atoms with van der Waals surface area (Å²) in [5.41, 5.74) is 6.66. The van der Waals surface area contributed by atoms with Crippen molar-refractivity contribution in [1.82, 2.24) is 9.55 Å². The van der Waals surface area contributed by atoms with Crippen LogP contribution in [-0.2, 0) is 7.05 Å². The fourth-order valence-electron chi connectivity index (χ4n) is 1.30. The Morgan fingerprint density at radius 2 is 2.50 bits per heavy atom. The summed E-state index contributed by atoms with van der Waals surface area (Å²) >= 11 is 0. The van der Waals surface area contributed by atoms with Gasteiger partial charge in [0.05, 0.1) is 6.33 Å². The van der Waals surface area contributed by atoms with E-state index in [-0.39, 0.29) is 12.5 Å². The quantitative estimate of drug-likeness (QED) is 0.658. The van der Waals surface area contributed by atoms with Crippen molar-refractivity contribution in [3.05, 3.63) is 18.2 Å². The molecule has 4 nitrogen and oxygen atoms in total. The third-order valence-corrected chi connectivity index (χ3v) is 2.03. The zero-order chi connectivity index (χ0) is 8.97. The lowest BCUT2D eigenvalue weighted by Gasteiger charge is -2.13. The summed E-state index contributed by atoms with van der Waals surface area (Å²) < 4.78 is 1.94. The molecule has 0 spiro atoms. The van der Waals surface area contributed by atoms with E-state index in [1.807, 2.05) is 11.6 Å². The molecule has 68 valence electrons. The maximum atomic E-state index is 8.77. The molecule has 0 aliphatic rings. The maximum Gasteiger partial charge on any atom is 0.0945 e. The first-order valence-corrected chi connectivity index (χ1v) is 4.06. The number of imidazole rings is 1. The first-order valence-electron chi connectivity index (χ1n) is 4.06. The molecule has 0 aromatic carbocycles. The monoisotopic (exact) mass is 169 g/mol. The lowest BCUT2D eigenvalue weighted by atomic mass is 10.0. The molecule has 0 amide bonds. The molecule has 0 radical (unpaired) electrons. The van der Waals surface area contributed by atoms with Crippen molar-refractivity contribution in [1.29, 1.82) is 0 Å². The first-order chi connectivity index (χ1) is 5.79. The number of hydrogen-bond donors (Lipinski definition) is 2. The Morgan fingerprint density at radius 1 is 1.75 bits per heavy atom. The second-order valence-electron chi connectivity index (χ2n) is 2.87. The van der Waals surface area contributed by atoms with Crippen LogP contribution in [0.4, 0.5) is 0 Å². The average molecular weight is 169 g/mol. The highest BCUT2D eigenvalue weighted by molar-refractivity contribution is 5.06. The molecule has 0 saturated heterocycles. The first kappa shape index (κ1) is 9.22. The van der Waals surface area contributed by atoms with Gasteiger partial charge in [-0.05, 0) is 6.42 Å². The van der Waals surface area contributed by atoms with Crippen molar-refractivity contribution < 1.29 is 5.11 Å². The minimum absolute atomic E-state index is 0.174. The molecule has 1 aromatic rings. The third-order valence-electron chi connectivity index (χ3n) is 2.03. The van der Waals surface area contributed by atoms with E-state index in [2.05, 4.69) is 4.98 Å². The standard InChI is InChI=1S/C8H15N3O/c1-11-6-10-5-8(11)7(4-9)2-3-12/h5-7,12H,2-4,9H2,1H3. The Balaban J connectivity index is 2.72. The SMILES string of the molecule is Cn1cncc1C(CN)CCO. The van der Waals surface area contributed by atoms with Gasteiger partial charge in [-0.1, -0.05) is 0 Å². The van der Waals surface area contributed by atoms with Crippen molar-refractivity contribution in [2.75, 3.05) is 13.2 Å². The van der Waals surface area contributed by atoms with Crippen LogP contribution in [0.2, 0.25) is 0 Å². The van der Waals surface area contributed by atoms with Gasteiger partial charge >= 0.3 is 0 Å². The fourth-order valence-corrected chi connectivity index (χ4v) is 1.30. The Labute approximate surface area is 72.0 Å².